The number of fused-ring (bicyclic) bond motifs is 1. The van der Waals surface area contributed by atoms with Gasteiger partial charge in [0.2, 0.25) is 5.91 Å². The summed E-state index contributed by atoms with van der Waals surface area (Å²) in [5, 5.41) is 5.49. The summed E-state index contributed by atoms with van der Waals surface area (Å²) in [5.74, 6) is -1.21. The van der Waals surface area contributed by atoms with Crippen LogP contribution in [0.1, 0.15) is 43.8 Å². The molecule has 2 aromatic carbocycles. The van der Waals surface area contributed by atoms with Gasteiger partial charge < -0.3 is 15.1 Å². The smallest absolute Gasteiger partial charge is 0.261 e. The lowest BCUT2D eigenvalue weighted by molar-refractivity contribution is -0.114. The molecule has 2 N–H and O–H groups in total. The van der Waals surface area contributed by atoms with E-state index in [4.69, 9.17) is 16.0 Å². The number of nitrogens with one attached hydrogen (secondary N) is 2. The Morgan fingerprint density at radius 3 is 2.45 bits per heavy atom. The molecule has 0 unspecified atom stereocenters. The Morgan fingerprint density at radius 2 is 1.77 bits per heavy atom. The topological polar surface area (TPSA) is 109 Å². The Balaban J connectivity index is 1.53. The van der Waals surface area contributed by atoms with Crippen LogP contribution >= 0.6 is 11.6 Å². The molecule has 0 fully saturated rings. The third-order valence-electron chi connectivity index (χ3n) is 4.66. The van der Waals surface area contributed by atoms with E-state index in [1.165, 1.54) is 37.5 Å². The fourth-order valence-electron chi connectivity index (χ4n) is 3.23. The SMILES string of the molecule is CC(=O)Nc1ccc(NC(=O)c2ccc3c(c2)C(=O)N(Cc2ccco2)C3=O)c(Cl)c1. The number of carbonyl (C=O) groups excluding carboxylic acids is 4. The van der Waals surface area contributed by atoms with Crippen LogP contribution in [-0.4, -0.2) is 28.5 Å². The predicted molar refractivity (Wildman–Crippen MR) is 113 cm³/mol. The molecule has 156 valence electrons. The van der Waals surface area contributed by atoms with Crippen molar-refractivity contribution in [2.75, 3.05) is 10.6 Å². The van der Waals surface area contributed by atoms with Crippen molar-refractivity contribution in [2.45, 2.75) is 13.5 Å². The van der Waals surface area contributed by atoms with Crippen molar-refractivity contribution >= 4 is 46.6 Å². The summed E-state index contributed by atoms with van der Waals surface area (Å²) in [5.41, 5.74) is 1.40. The van der Waals surface area contributed by atoms with Gasteiger partial charge in [-0.05, 0) is 48.5 Å². The van der Waals surface area contributed by atoms with Crippen LogP contribution in [0, 0.1) is 0 Å². The van der Waals surface area contributed by atoms with Gasteiger partial charge in [-0.2, -0.15) is 0 Å². The molecule has 31 heavy (non-hydrogen) atoms. The molecule has 0 saturated carbocycles. The van der Waals surface area contributed by atoms with Crippen molar-refractivity contribution in [3.8, 4) is 0 Å². The molecule has 1 aliphatic rings. The van der Waals surface area contributed by atoms with Crippen LogP contribution in [0.2, 0.25) is 5.02 Å². The lowest BCUT2D eigenvalue weighted by Crippen LogP contribution is -2.28. The molecule has 1 aromatic heterocycles. The number of anilines is 2. The van der Waals surface area contributed by atoms with Gasteiger partial charge in [-0.25, -0.2) is 0 Å². The van der Waals surface area contributed by atoms with Gasteiger partial charge in [-0.15, -0.1) is 0 Å². The minimum atomic E-state index is -0.498. The number of benzene rings is 2. The van der Waals surface area contributed by atoms with Crippen LogP contribution in [0.5, 0.6) is 0 Å². The maximum absolute atomic E-state index is 12.7. The van der Waals surface area contributed by atoms with E-state index >= 15 is 0 Å². The van der Waals surface area contributed by atoms with Gasteiger partial charge >= 0.3 is 0 Å². The van der Waals surface area contributed by atoms with E-state index in [1.54, 1.807) is 24.3 Å². The zero-order chi connectivity index (χ0) is 22.1. The number of hydrogen-bond donors (Lipinski definition) is 2. The van der Waals surface area contributed by atoms with Gasteiger partial charge in [0.1, 0.15) is 5.76 Å². The average molecular weight is 438 g/mol. The molecule has 0 bridgehead atoms. The largest absolute Gasteiger partial charge is 0.467 e. The average Bonchev–Trinajstić information content (AvgIpc) is 3.32. The number of hydrogen-bond acceptors (Lipinski definition) is 5. The third-order valence-corrected chi connectivity index (χ3v) is 4.98. The highest BCUT2D eigenvalue weighted by Crippen LogP contribution is 2.28. The first-order valence-corrected chi connectivity index (χ1v) is 9.62. The summed E-state index contributed by atoms with van der Waals surface area (Å²) in [6.07, 6.45) is 1.46. The molecule has 1 aliphatic heterocycles. The second-order valence-corrected chi connectivity index (χ2v) is 7.27. The minimum absolute atomic E-state index is 0.0110. The second kappa shape index (κ2) is 8.08. The number of carbonyl (C=O) groups is 4. The maximum atomic E-state index is 12.7. The Morgan fingerprint density at radius 1 is 1.00 bits per heavy atom. The van der Waals surface area contributed by atoms with Crippen molar-refractivity contribution in [3.63, 3.8) is 0 Å². The molecule has 4 rings (SSSR count). The lowest BCUT2D eigenvalue weighted by Gasteiger charge is -2.11. The van der Waals surface area contributed by atoms with Gasteiger partial charge in [-0.3, -0.25) is 24.1 Å². The van der Waals surface area contributed by atoms with Gasteiger partial charge in [-0.1, -0.05) is 11.6 Å². The first-order chi connectivity index (χ1) is 14.8. The molecular weight excluding hydrogens is 422 g/mol. The van der Waals surface area contributed by atoms with Crippen molar-refractivity contribution in [2.24, 2.45) is 0 Å². The molecule has 4 amide bonds. The van der Waals surface area contributed by atoms with Crippen LogP contribution in [0.4, 0.5) is 11.4 Å². The van der Waals surface area contributed by atoms with Crippen molar-refractivity contribution < 1.29 is 23.6 Å². The van der Waals surface area contributed by atoms with Crippen molar-refractivity contribution in [1.82, 2.24) is 4.90 Å². The van der Waals surface area contributed by atoms with E-state index < -0.39 is 17.7 Å². The Hall–Kier alpha value is -3.91. The number of nitrogens with zero attached hydrogens (tertiary/aromatic N) is 1. The molecule has 0 aliphatic carbocycles. The highest BCUT2D eigenvalue weighted by Gasteiger charge is 2.36. The molecule has 0 radical (unpaired) electrons. The fraction of sp³-hybridized carbons (Fsp3) is 0.0909. The number of furan rings is 1. The molecule has 3 aromatic rings. The van der Waals surface area contributed by atoms with Crippen LogP contribution in [-0.2, 0) is 11.3 Å². The standard InChI is InChI=1S/C22H16ClN3O5/c1-12(27)24-14-5-7-19(18(23)10-14)25-20(28)13-4-6-16-17(9-13)22(30)26(21(16)29)11-15-3-2-8-31-15/h2-10H,11H2,1H3,(H,24,27)(H,25,28). The van der Waals surface area contributed by atoms with Gasteiger partial charge in [0, 0.05) is 18.2 Å². The van der Waals surface area contributed by atoms with Gasteiger partial charge in [0.15, 0.2) is 0 Å². The van der Waals surface area contributed by atoms with E-state index in [9.17, 15) is 19.2 Å². The lowest BCUT2D eigenvalue weighted by atomic mass is 10.1. The third kappa shape index (κ3) is 4.06. The normalized spacial score (nSPS) is 12.6. The van der Waals surface area contributed by atoms with E-state index in [-0.39, 0.29) is 34.2 Å². The van der Waals surface area contributed by atoms with Crippen molar-refractivity contribution in [3.05, 3.63) is 82.3 Å². The minimum Gasteiger partial charge on any atom is -0.467 e. The summed E-state index contributed by atoms with van der Waals surface area (Å²) in [7, 11) is 0. The maximum Gasteiger partial charge on any atom is 0.261 e. The first kappa shape index (κ1) is 20.4. The first-order valence-electron chi connectivity index (χ1n) is 9.24. The molecule has 9 heteroatoms. The zero-order valence-electron chi connectivity index (χ0n) is 16.3. The van der Waals surface area contributed by atoms with Gasteiger partial charge in [0.25, 0.3) is 17.7 Å². The molecule has 2 heterocycles. The molecule has 8 nitrogen and oxygen atoms in total. The summed E-state index contributed by atoms with van der Waals surface area (Å²) in [6, 6.07) is 12.3. The number of rotatable bonds is 5. The van der Waals surface area contributed by atoms with Gasteiger partial charge in [0.05, 0.1) is 34.6 Å². The van der Waals surface area contributed by atoms with Crippen LogP contribution < -0.4 is 10.6 Å². The van der Waals surface area contributed by atoms with E-state index in [1.807, 2.05) is 0 Å². The monoisotopic (exact) mass is 437 g/mol. The summed E-state index contributed by atoms with van der Waals surface area (Å²) in [4.78, 5) is 50.2. The molecular formula is C22H16ClN3O5. The summed E-state index contributed by atoms with van der Waals surface area (Å²) < 4.78 is 5.21. The Kier molecular flexibility index (Phi) is 5.31. The molecule has 0 spiro atoms. The molecule has 0 atom stereocenters. The Labute approximate surface area is 181 Å². The van der Waals surface area contributed by atoms with Crippen LogP contribution in [0.3, 0.4) is 0 Å². The number of amides is 4. The Bertz CT molecular complexity index is 1220. The summed E-state index contributed by atoms with van der Waals surface area (Å²) in [6.45, 7) is 1.39. The van der Waals surface area contributed by atoms with Crippen LogP contribution in [0.15, 0.2) is 59.2 Å². The zero-order valence-corrected chi connectivity index (χ0v) is 17.0. The molecule has 0 saturated heterocycles. The summed E-state index contributed by atoms with van der Waals surface area (Å²) >= 11 is 6.19. The van der Waals surface area contributed by atoms with E-state index in [0.717, 1.165) is 4.90 Å². The predicted octanol–water partition coefficient (Wildman–Crippen LogP) is 3.94. The second-order valence-electron chi connectivity index (χ2n) is 6.87. The quantitative estimate of drug-likeness (QED) is 0.587. The van der Waals surface area contributed by atoms with Crippen molar-refractivity contribution in [1.29, 1.82) is 0 Å². The highest BCUT2D eigenvalue weighted by molar-refractivity contribution is 6.34. The highest BCUT2D eigenvalue weighted by atomic mass is 35.5. The fourth-order valence-corrected chi connectivity index (χ4v) is 3.45. The van der Waals surface area contributed by atoms with E-state index in [2.05, 4.69) is 10.6 Å². The van der Waals surface area contributed by atoms with E-state index in [0.29, 0.717) is 17.1 Å². The number of halogens is 1. The van der Waals surface area contributed by atoms with Crippen LogP contribution in [0.25, 0.3) is 0 Å². The number of imide groups is 1.